The van der Waals surface area contributed by atoms with Crippen molar-refractivity contribution >= 4 is 0 Å². The molecule has 0 bridgehead atoms. The van der Waals surface area contributed by atoms with Crippen molar-refractivity contribution in [2.24, 2.45) is 11.8 Å². The van der Waals surface area contributed by atoms with Crippen LogP contribution in [0.3, 0.4) is 0 Å². The lowest BCUT2D eigenvalue weighted by Gasteiger charge is -2.37. The van der Waals surface area contributed by atoms with Crippen LogP contribution < -0.4 is 0 Å². The Morgan fingerprint density at radius 3 is 2.94 bits per heavy atom. The SMILES string of the molecule is CCCn1nncc1C1(O)CCCC(C2CC2)C1. The molecule has 1 heterocycles. The first-order valence-corrected chi connectivity index (χ1v) is 7.34. The number of hydrogen-bond acceptors (Lipinski definition) is 3. The fraction of sp³-hybridized carbons (Fsp3) is 0.857. The van der Waals surface area contributed by atoms with Gasteiger partial charge in [0.15, 0.2) is 0 Å². The first-order chi connectivity index (χ1) is 8.73. The zero-order valence-corrected chi connectivity index (χ0v) is 11.2. The second-order valence-corrected chi connectivity index (χ2v) is 6.07. The number of rotatable bonds is 4. The molecular formula is C14H23N3O. The van der Waals surface area contributed by atoms with Crippen molar-refractivity contribution < 1.29 is 5.11 Å². The van der Waals surface area contributed by atoms with E-state index in [4.69, 9.17) is 0 Å². The van der Waals surface area contributed by atoms with Crippen molar-refractivity contribution in [3.05, 3.63) is 11.9 Å². The lowest BCUT2D eigenvalue weighted by atomic mass is 9.74. The third-order valence-electron chi connectivity index (χ3n) is 4.58. The Morgan fingerprint density at radius 1 is 1.39 bits per heavy atom. The average Bonchev–Trinajstić information content (AvgIpc) is 3.10. The zero-order valence-electron chi connectivity index (χ0n) is 11.2. The summed E-state index contributed by atoms with van der Waals surface area (Å²) in [5, 5.41) is 19.1. The quantitative estimate of drug-likeness (QED) is 0.892. The highest BCUT2D eigenvalue weighted by Crippen LogP contribution is 2.49. The van der Waals surface area contributed by atoms with Crippen LogP contribution in [0.1, 0.15) is 57.6 Å². The summed E-state index contributed by atoms with van der Waals surface area (Å²) >= 11 is 0. The summed E-state index contributed by atoms with van der Waals surface area (Å²) in [5.41, 5.74) is 0.263. The molecule has 100 valence electrons. The van der Waals surface area contributed by atoms with Crippen molar-refractivity contribution in [2.45, 2.75) is 64.0 Å². The van der Waals surface area contributed by atoms with E-state index in [0.29, 0.717) is 5.92 Å². The Hall–Kier alpha value is -0.900. The van der Waals surface area contributed by atoms with Gasteiger partial charge in [-0.1, -0.05) is 12.1 Å². The van der Waals surface area contributed by atoms with Gasteiger partial charge in [-0.05, 0) is 56.8 Å². The Kier molecular flexibility index (Phi) is 3.14. The van der Waals surface area contributed by atoms with Crippen molar-refractivity contribution in [1.82, 2.24) is 15.0 Å². The number of nitrogens with zero attached hydrogens (tertiary/aromatic N) is 3. The van der Waals surface area contributed by atoms with Gasteiger partial charge in [0.1, 0.15) is 5.60 Å². The highest BCUT2D eigenvalue weighted by atomic mass is 16.3. The first kappa shape index (κ1) is 12.2. The van der Waals surface area contributed by atoms with Crippen LogP contribution in [0.15, 0.2) is 6.20 Å². The fourth-order valence-electron chi connectivity index (χ4n) is 3.49. The molecule has 0 aromatic carbocycles. The second-order valence-electron chi connectivity index (χ2n) is 6.07. The summed E-state index contributed by atoms with van der Waals surface area (Å²) in [5.74, 6) is 1.60. The molecule has 2 fully saturated rings. The van der Waals surface area contributed by atoms with E-state index in [1.54, 1.807) is 6.20 Å². The largest absolute Gasteiger partial charge is 0.383 e. The van der Waals surface area contributed by atoms with E-state index in [2.05, 4.69) is 17.2 Å². The molecule has 2 saturated carbocycles. The predicted molar refractivity (Wildman–Crippen MR) is 68.9 cm³/mol. The molecule has 1 N–H and O–H groups in total. The van der Waals surface area contributed by atoms with Crippen LogP contribution in [0.5, 0.6) is 0 Å². The van der Waals surface area contributed by atoms with Gasteiger partial charge >= 0.3 is 0 Å². The van der Waals surface area contributed by atoms with Crippen LogP contribution >= 0.6 is 0 Å². The maximum atomic E-state index is 11.0. The van der Waals surface area contributed by atoms with Crippen molar-refractivity contribution in [2.75, 3.05) is 0 Å². The Balaban J connectivity index is 1.81. The fourth-order valence-corrected chi connectivity index (χ4v) is 3.49. The van der Waals surface area contributed by atoms with Crippen molar-refractivity contribution in [1.29, 1.82) is 0 Å². The maximum absolute atomic E-state index is 11.0. The first-order valence-electron chi connectivity index (χ1n) is 7.34. The molecule has 0 spiro atoms. The van der Waals surface area contributed by atoms with Gasteiger partial charge in [0.2, 0.25) is 0 Å². The summed E-state index contributed by atoms with van der Waals surface area (Å²) in [6.45, 7) is 2.98. The molecular weight excluding hydrogens is 226 g/mol. The molecule has 3 rings (SSSR count). The summed E-state index contributed by atoms with van der Waals surface area (Å²) in [4.78, 5) is 0. The van der Waals surface area contributed by atoms with Gasteiger partial charge in [0, 0.05) is 6.54 Å². The normalized spacial score (nSPS) is 32.7. The molecule has 2 aliphatic rings. The molecule has 2 aliphatic carbocycles. The van der Waals surface area contributed by atoms with Crippen LogP contribution in [-0.4, -0.2) is 20.1 Å². The van der Waals surface area contributed by atoms with E-state index < -0.39 is 5.60 Å². The van der Waals surface area contributed by atoms with Gasteiger partial charge in [-0.3, -0.25) is 0 Å². The molecule has 2 atom stereocenters. The molecule has 0 saturated heterocycles. The monoisotopic (exact) mass is 249 g/mol. The molecule has 0 amide bonds. The molecule has 1 aromatic rings. The van der Waals surface area contributed by atoms with Crippen molar-refractivity contribution in [3.8, 4) is 0 Å². The Morgan fingerprint density at radius 2 is 2.22 bits per heavy atom. The number of aryl methyl sites for hydroxylation is 1. The summed E-state index contributed by atoms with van der Waals surface area (Å²) in [7, 11) is 0. The third-order valence-corrected chi connectivity index (χ3v) is 4.58. The van der Waals surface area contributed by atoms with E-state index in [9.17, 15) is 5.11 Å². The highest BCUT2D eigenvalue weighted by molar-refractivity contribution is 5.11. The minimum absolute atomic E-state index is 0.676. The van der Waals surface area contributed by atoms with Gasteiger partial charge in [-0.15, -0.1) is 5.10 Å². The molecule has 4 nitrogen and oxygen atoms in total. The second kappa shape index (κ2) is 4.65. The topological polar surface area (TPSA) is 50.9 Å². The van der Waals surface area contributed by atoms with Gasteiger partial charge in [-0.25, -0.2) is 4.68 Å². The maximum Gasteiger partial charge on any atom is 0.108 e. The number of aromatic nitrogens is 3. The van der Waals surface area contributed by atoms with E-state index >= 15 is 0 Å². The summed E-state index contributed by atoms with van der Waals surface area (Å²) in [6.07, 6.45) is 9.74. The lowest BCUT2D eigenvalue weighted by Crippen LogP contribution is -2.35. The molecule has 18 heavy (non-hydrogen) atoms. The summed E-state index contributed by atoms with van der Waals surface area (Å²) < 4.78 is 1.90. The Bertz CT molecular complexity index is 413. The van der Waals surface area contributed by atoms with E-state index in [-0.39, 0.29) is 0 Å². The minimum atomic E-state index is -0.676. The van der Waals surface area contributed by atoms with Crippen LogP contribution in [0.4, 0.5) is 0 Å². The number of hydrogen-bond donors (Lipinski definition) is 1. The highest BCUT2D eigenvalue weighted by Gasteiger charge is 2.43. The lowest BCUT2D eigenvalue weighted by molar-refractivity contribution is -0.0323. The number of aliphatic hydroxyl groups is 1. The van der Waals surface area contributed by atoms with Crippen molar-refractivity contribution in [3.63, 3.8) is 0 Å². The van der Waals surface area contributed by atoms with Crippen LogP contribution in [-0.2, 0) is 12.1 Å². The predicted octanol–water partition coefficient (Wildman–Crippen LogP) is 2.48. The van der Waals surface area contributed by atoms with E-state index in [0.717, 1.165) is 43.8 Å². The standard InChI is InChI=1S/C14H23N3O/c1-2-8-17-13(10-15-16-17)14(18)7-3-4-12(9-14)11-5-6-11/h10-12,18H,2-9H2,1H3. The van der Waals surface area contributed by atoms with Gasteiger partial charge in [0.25, 0.3) is 0 Å². The van der Waals surface area contributed by atoms with Gasteiger partial charge in [0.05, 0.1) is 11.9 Å². The molecule has 0 aliphatic heterocycles. The molecule has 0 radical (unpaired) electrons. The molecule has 4 heteroatoms. The van der Waals surface area contributed by atoms with Gasteiger partial charge in [-0.2, -0.15) is 0 Å². The smallest absolute Gasteiger partial charge is 0.108 e. The third kappa shape index (κ3) is 2.18. The average molecular weight is 249 g/mol. The summed E-state index contributed by atoms with van der Waals surface area (Å²) in [6, 6.07) is 0. The Labute approximate surface area is 108 Å². The van der Waals surface area contributed by atoms with Crippen LogP contribution in [0.25, 0.3) is 0 Å². The van der Waals surface area contributed by atoms with Crippen LogP contribution in [0.2, 0.25) is 0 Å². The van der Waals surface area contributed by atoms with E-state index in [1.165, 1.54) is 19.3 Å². The molecule has 2 unspecified atom stereocenters. The van der Waals surface area contributed by atoms with Crippen LogP contribution in [0, 0.1) is 11.8 Å². The van der Waals surface area contributed by atoms with E-state index in [1.807, 2.05) is 4.68 Å². The zero-order chi connectivity index (χ0) is 12.6. The molecule has 1 aromatic heterocycles. The van der Waals surface area contributed by atoms with Gasteiger partial charge < -0.3 is 5.11 Å². The minimum Gasteiger partial charge on any atom is -0.383 e.